The van der Waals surface area contributed by atoms with Gasteiger partial charge >= 0.3 is 0 Å². The van der Waals surface area contributed by atoms with Gasteiger partial charge in [0.2, 0.25) is 5.91 Å². The minimum Gasteiger partial charge on any atom is -0.337 e. The van der Waals surface area contributed by atoms with Gasteiger partial charge in [-0.15, -0.1) is 0 Å². The molecule has 0 bridgehead atoms. The van der Waals surface area contributed by atoms with Gasteiger partial charge in [-0.25, -0.2) is 4.98 Å². The van der Waals surface area contributed by atoms with Gasteiger partial charge in [0.1, 0.15) is 5.82 Å². The highest BCUT2D eigenvalue weighted by Crippen LogP contribution is 2.13. The molecule has 128 valence electrons. The first kappa shape index (κ1) is 17.0. The Hall–Kier alpha value is -1.86. The van der Waals surface area contributed by atoms with E-state index in [1.165, 1.54) is 0 Å². The number of aromatic nitrogens is 2. The van der Waals surface area contributed by atoms with Crippen molar-refractivity contribution in [2.24, 2.45) is 0 Å². The SMILES string of the molecule is C[C@@H]1CNCCN1C(=O)CCSCc1nc2ccccc2c(=O)[nH]1. The first-order valence-corrected chi connectivity index (χ1v) is 9.36. The van der Waals surface area contributed by atoms with Crippen molar-refractivity contribution in [2.75, 3.05) is 25.4 Å². The predicted molar refractivity (Wildman–Crippen MR) is 97.2 cm³/mol. The van der Waals surface area contributed by atoms with Crippen molar-refractivity contribution in [1.29, 1.82) is 0 Å². The Morgan fingerprint density at radius 3 is 3.08 bits per heavy atom. The Balaban J connectivity index is 1.51. The van der Waals surface area contributed by atoms with Gasteiger partial charge in [-0.1, -0.05) is 12.1 Å². The summed E-state index contributed by atoms with van der Waals surface area (Å²) in [5, 5.41) is 3.89. The minimum atomic E-state index is -0.109. The molecule has 0 aliphatic carbocycles. The molecule has 0 spiro atoms. The highest BCUT2D eigenvalue weighted by molar-refractivity contribution is 7.98. The molecule has 24 heavy (non-hydrogen) atoms. The molecule has 2 heterocycles. The van der Waals surface area contributed by atoms with E-state index in [-0.39, 0.29) is 17.5 Å². The number of hydrogen-bond donors (Lipinski definition) is 2. The van der Waals surface area contributed by atoms with E-state index >= 15 is 0 Å². The number of nitrogens with one attached hydrogen (secondary N) is 2. The van der Waals surface area contributed by atoms with Crippen LogP contribution in [-0.4, -0.2) is 52.2 Å². The van der Waals surface area contributed by atoms with Gasteiger partial charge in [-0.05, 0) is 19.1 Å². The molecule has 7 heteroatoms. The quantitative estimate of drug-likeness (QED) is 0.800. The molecule has 1 aromatic heterocycles. The van der Waals surface area contributed by atoms with Crippen LogP contribution < -0.4 is 10.9 Å². The lowest BCUT2D eigenvalue weighted by Gasteiger charge is -2.34. The van der Waals surface area contributed by atoms with Crippen LogP contribution in [0.1, 0.15) is 19.2 Å². The van der Waals surface area contributed by atoms with Crippen LogP contribution in [0.3, 0.4) is 0 Å². The number of thioether (sulfide) groups is 1. The fourth-order valence-corrected chi connectivity index (χ4v) is 3.68. The summed E-state index contributed by atoms with van der Waals surface area (Å²) in [6, 6.07) is 7.57. The molecule has 1 fully saturated rings. The molecule has 1 aromatic carbocycles. The van der Waals surface area contributed by atoms with Gasteiger partial charge in [-0.3, -0.25) is 9.59 Å². The molecule has 6 nitrogen and oxygen atoms in total. The minimum absolute atomic E-state index is 0.109. The first-order valence-electron chi connectivity index (χ1n) is 8.21. The van der Waals surface area contributed by atoms with Crippen molar-refractivity contribution in [3.05, 3.63) is 40.4 Å². The van der Waals surface area contributed by atoms with Gasteiger partial charge in [0.15, 0.2) is 0 Å². The molecular formula is C17H22N4O2S. The van der Waals surface area contributed by atoms with Crippen molar-refractivity contribution in [3.63, 3.8) is 0 Å². The lowest BCUT2D eigenvalue weighted by Crippen LogP contribution is -2.52. The fourth-order valence-electron chi connectivity index (χ4n) is 2.89. The standard InChI is InChI=1S/C17H22N4O2S/c1-12-10-18-7-8-21(12)16(22)6-9-24-11-15-19-14-5-3-2-4-13(14)17(23)20-15/h2-5,12,18H,6-11H2,1H3,(H,19,20,23)/t12-/m1/s1. The monoisotopic (exact) mass is 346 g/mol. The summed E-state index contributed by atoms with van der Waals surface area (Å²) in [4.78, 5) is 33.5. The molecule has 0 radical (unpaired) electrons. The Kier molecular flexibility index (Phi) is 5.52. The van der Waals surface area contributed by atoms with Gasteiger partial charge in [0.25, 0.3) is 5.56 Å². The summed E-state index contributed by atoms with van der Waals surface area (Å²) in [6.07, 6.45) is 0.521. The normalized spacial score (nSPS) is 18.0. The van der Waals surface area contributed by atoms with Crippen LogP contribution >= 0.6 is 11.8 Å². The number of piperazine rings is 1. The molecule has 2 N–H and O–H groups in total. The number of para-hydroxylation sites is 1. The van der Waals surface area contributed by atoms with Gasteiger partial charge in [0.05, 0.1) is 16.7 Å². The third kappa shape index (κ3) is 3.96. The van der Waals surface area contributed by atoms with E-state index in [4.69, 9.17) is 0 Å². The number of fused-ring (bicyclic) bond motifs is 1. The second kappa shape index (κ2) is 7.81. The second-order valence-corrected chi connectivity index (χ2v) is 7.08. The Bertz CT molecular complexity index is 777. The van der Waals surface area contributed by atoms with Crippen molar-refractivity contribution >= 4 is 28.6 Å². The predicted octanol–water partition coefficient (Wildman–Crippen LogP) is 1.37. The molecule has 1 amide bonds. The number of hydrogen-bond acceptors (Lipinski definition) is 5. The highest BCUT2D eigenvalue weighted by Gasteiger charge is 2.22. The summed E-state index contributed by atoms with van der Waals surface area (Å²) >= 11 is 1.62. The molecule has 2 aromatic rings. The van der Waals surface area contributed by atoms with Crippen LogP contribution in [0.4, 0.5) is 0 Å². The Labute approximate surface area is 145 Å². The van der Waals surface area contributed by atoms with E-state index < -0.39 is 0 Å². The number of H-pyrrole nitrogens is 1. The topological polar surface area (TPSA) is 78.1 Å². The fraction of sp³-hybridized carbons (Fsp3) is 0.471. The second-order valence-electron chi connectivity index (χ2n) is 5.97. The molecule has 1 saturated heterocycles. The maximum atomic E-state index is 12.3. The summed E-state index contributed by atoms with van der Waals surface area (Å²) in [5.41, 5.74) is 0.601. The molecule has 1 aliphatic heterocycles. The smallest absolute Gasteiger partial charge is 0.258 e. The number of carbonyl (C=O) groups excluding carboxylic acids is 1. The van der Waals surface area contributed by atoms with Crippen LogP contribution in [0.15, 0.2) is 29.1 Å². The number of rotatable bonds is 5. The van der Waals surface area contributed by atoms with E-state index in [9.17, 15) is 9.59 Å². The van der Waals surface area contributed by atoms with Gasteiger partial charge in [0, 0.05) is 37.8 Å². The lowest BCUT2D eigenvalue weighted by atomic mass is 10.2. The third-order valence-corrected chi connectivity index (χ3v) is 5.15. The zero-order valence-corrected chi connectivity index (χ0v) is 14.6. The number of benzene rings is 1. The first-order chi connectivity index (χ1) is 11.6. The van der Waals surface area contributed by atoms with Crippen LogP contribution in [0, 0.1) is 0 Å². The maximum Gasteiger partial charge on any atom is 0.258 e. The molecule has 0 saturated carbocycles. The average molecular weight is 346 g/mol. The number of amides is 1. The number of carbonyl (C=O) groups is 1. The van der Waals surface area contributed by atoms with Gasteiger partial charge < -0.3 is 15.2 Å². The summed E-state index contributed by atoms with van der Waals surface area (Å²) in [5.74, 6) is 2.19. The van der Waals surface area contributed by atoms with Crippen LogP contribution in [0.25, 0.3) is 10.9 Å². The average Bonchev–Trinajstić information content (AvgIpc) is 2.59. The number of aromatic amines is 1. The summed E-state index contributed by atoms with van der Waals surface area (Å²) in [7, 11) is 0. The van der Waals surface area contributed by atoms with Crippen LogP contribution in [0.5, 0.6) is 0 Å². The molecule has 3 rings (SSSR count). The Morgan fingerprint density at radius 1 is 1.42 bits per heavy atom. The summed E-state index contributed by atoms with van der Waals surface area (Å²) < 4.78 is 0. The summed E-state index contributed by atoms with van der Waals surface area (Å²) in [6.45, 7) is 4.58. The van der Waals surface area contributed by atoms with E-state index in [2.05, 4.69) is 22.2 Å². The van der Waals surface area contributed by atoms with Crippen molar-refractivity contribution < 1.29 is 4.79 Å². The maximum absolute atomic E-state index is 12.3. The Morgan fingerprint density at radius 2 is 2.25 bits per heavy atom. The van der Waals surface area contributed by atoms with E-state index in [0.717, 1.165) is 25.4 Å². The molecule has 0 unspecified atom stereocenters. The van der Waals surface area contributed by atoms with E-state index in [1.807, 2.05) is 23.1 Å². The zero-order chi connectivity index (χ0) is 16.9. The van der Waals surface area contributed by atoms with Crippen LogP contribution in [0.2, 0.25) is 0 Å². The van der Waals surface area contributed by atoms with Gasteiger partial charge in [-0.2, -0.15) is 11.8 Å². The molecular weight excluding hydrogens is 324 g/mol. The lowest BCUT2D eigenvalue weighted by molar-refractivity contribution is -0.133. The highest BCUT2D eigenvalue weighted by atomic mass is 32.2. The van der Waals surface area contributed by atoms with Crippen molar-refractivity contribution in [1.82, 2.24) is 20.2 Å². The number of nitrogens with zero attached hydrogens (tertiary/aromatic N) is 2. The van der Waals surface area contributed by atoms with Crippen molar-refractivity contribution in [2.45, 2.75) is 25.1 Å². The third-order valence-electron chi connectivity index (χ3n) is 4.18. The van der Waals surface area contributed by atoms with Crippen LogP contribution in [-0.2, 0) is 10.5 Å². The van der Waals surface area contributed by atoms with Crippen molar-refractivity contribution in [3.8, 4) is 0 Å². The van der Waals surface area contributed by atoms with E-state index in [0.29, 0.717) is 28.9 Å². The van der Waals surface area contributed by atoms with E-state index in [1.54, 1.807) is 17.8 Å². The molecule has 1 atom stereocenters. The zero-order valence-electron chi connectivity index (χ0n) is 13.7. The molecule has 1 aliphatic rings. The largest absolute Gasteiger partial charge is 0.337 e.